The lowest BCUT2D eigenvalue weighted by atomic mass is 10.1. The van der Waals surface area contributed by atoms with E-state index in [1.54, 1.807) is 43.5 Å². The Labute approximate surface area is 143 Å². The van der Waals surface area contributed by atoms with E-state index in [1.165, 1.54) is 16.5 Å². The molecule has 2 aromatic heterocycles. The van der Waals surface area contributed by atoms with Gasteiger partial charge >= 0.3 is 5.82 Å². The number of pyridine rings is 1. The molecule has 0 aliphatic carbocycles. The van der Waals surface area contributed by atoms with Crippen LogP contribution in [-0.4, -0.2) is 22.7 Å². The molecule has 0 saturated carbocycles. The number of sulfonamides is 1. The van der Waals surface area contributed by atoms with Crippen LogP contribution < -0.4 is 10.5 Å². The maximum atomic E-state index is 11.5. The van der Waals surface area contributed by atoms with Crippen LogP contribution in [0.25, 0.3) is 5.65 Å². The fourth-order valence-electron chi connectivity index (χ4n) is 2.50. The van der Waals surface area contributed by atoms with Crippen LogP contribution in [0.5, 0.6) is 0 Å². The lowest BCUT2D eigenvalue weighted by Crippen LogP contribution is -2.14. The third kappa shape index (κ3) is 3.30. The van der Waals surface area contributed by atoms with Crippen LogP contribution >= 0.6 is 0 Å². The second kappa shape index (κ2) is 6.15. The molecule has 3 rings (SSSR count). The zero-order chi connectivity index (χ0) is 18.2. The van der Waals surface area contributed by atoms with E-state index in [0.29, 0.717) is 11.2 Å². The maximum Gasteiger partial charge on any atom is 0.372 e. The van der Waals surface area contributed by atoms with Gasteiger partial charge < -0.3 is 15.4 Å². The Balaban J connectivity index is 1.99. The molecular formula is C15H15N5O4S. The molecule has 0 saturated heterocycles. The summed E-state index contributed by atoms with van der Waals surface area (Å²) in [4.78, 5) is 15.1. The fourth-order valence-corrected chi connectivity index (χ4v) is 3.07. The van der Waals surface area contributed by atoms with Gasteiger partial charge in [0.05, 0.1) is 17.1 Å². The van der Waals surface area contributed by atoms with E-state index < -0.39 is 21.0 Å². The molecular weight excluding hydrogens is 346 g/mol. The molecule has 0 aliphatic rings. The molecule has 0 bridgehead atoms. The number of nitro groups is 1. The van der Waals surface area contributed by atoms with Gasteiger partial charge in [-0.3, -0.25) is 0 Å². The lowest BCUT2D eigenvalue weighted by molar-refractivity contribution is -0.389. The number of hydrogen-bond acceptors (Lipinski definition) is 6. The predicted molar refractivity (Wildman–Crippen MR) is 91.7 cm³/mol. The summed E-state index contributed by atoms with van der Waals surface area (Å²) < 4.78 is 24.3. The van der Waals surface area contributed by atoms with Gasteiger partial charge in [-0.25, -0.2) is 13.6 Å². The molecule has 3 N–H and O–H groups in total. The van der Waals surface area contributed by atoms with Crippen LogP contribution in [0.3, 0.4) is 0 Å². The van der Waals surface area contributed by atoms with Crippen molar-refractivity contribution < 1.29 is 13.3 Å². The largest absolute Gasteiger partial charge is 0.372 e. The summed E-state index contributed by atoms with van der Waals surface area (Å²) in [6, 6.07) is 10.7. The number of imidazole rings is 1. The van der Waals surface area contributed by atoms with Crippen molar-refractivity contribution >= 4 is 27.3 Å². The molecule has 1 aromatic carbocycles. The van der Waals surface area contributed by atoms with Crippen LogP contribution in [-0.2, 0) is 10.0 Å². The minimum atomic E-state index is -3.83. The number of nitrogens with one attached hydrogen (secondary N) is 1. The van der Waals surface area contributed by atoms with Gasteiger partial charge in [0.1, 0.15) is 0 Å². The number of aromatic nitrogens is 2. The van der Waals surface area contributed by atoms with Gasteiger partial charge in [0.2, 0.25) is 21.5 Å². The van der Waals surface area contributed by atoms with Crippen molar-refractivity contribution in [1.82, 2.24) is 9.38 Å². The van der Waals surface area contributed by atoms with E-state index >= 15 is 0 Å². The van der Waals surface area contributed by atoms with Crippen LogP contribution in [0, 0.1) is 10.1 Å². The zero-order valence-electron chi connectivity index (χ0n) is 13.2. The first kappa shape index (κ1) is 16.9. The van der Waals surface area contributed by atoms with Gasteiger partial charge in [0, 0.05) is 6.07 Å². The summed E-state index contributed by atoms with van der Waals surface area (Å²) in [6.45, 7) is 1.75. The first-order chi connectivity index (χ1) is 11.8. The summed E-state index contributed by atoms with van der Waals surface area (Å²) in [7, 11) is -3.83. The molecule has 1 unspecified atom stereocenters. The van der Waals surface area contributed by atoms with Gasteiger partial charge in [0.25, 0.3) is 0 Å². The van der Waals surface area contributed by atoms with Gasteiger partial charge in [-0.05, 0) is 35.6 Å². The van der Waals surface area contributed by atoms with Crippen molar-refractivity contribution in [2.45, 2.75) is 17.9 Å². The number of fused-ring (bicyclic) bond motifs is 1. The van der Waals surface area contributed by atoms with Crippen molar-refractivity contribution in [3.05, 3.63) is 64.3 Å². The number of hydrogen-bond donors (Lipinski definition) is 2. The van der Waals surface area contributed by atoms with Crippen molar-refractivity contribution in [2.75, 3.05) is 5.32 Å². The molecule has 2 heterocycles. The third-order valence-corrected chi connectivity index (χ3v) is 4.63. The monoisotopic (exact) mass is 361 g/mol. The summed E-state index contributed by atoms with van der Waals surface area (Å²) in [5, 5.41) is 19.5. The molecule has 25 heavy (non-hydrogen) atoms. The van der Waals surface area contributed by atoms with E-state index in [0.717, 1.165) is 0 Å². The molecule has 0 spiro atoms. The Morgan fingerprint density at radius 2 is 2.04 bits per heavy atom. The molecule has 0 aliphatic heterocycles. The number of rotatable bonds is 5. The summed E-state index contributed by atoms with van der Waals surface area (Å²) in [5.74, 6) is -0.0882. The van der Waals surface area contributed by atoms with Crippen molar-refractivity contribution in [1.29, 1.82) is 0 Å². The highest BCUT2D eigenvalue weighted by Gasteiger charge is 2.24. The normalized spacial score (nSPS) is 12.9. The quantitative estimate of drug-likeness (QED) is 0.528. The molecule has 130 valence electrons. The van der Waals surface area contributed by atoms with Crippen molar-refractivity contribution in [2.24, 2.45) is 5.14 Å². The summed E-state index contributed by atoms with van der Waals surface area (Å²) in [5.41, 5.74) is 1.04. The standard InChI is InChI=1S/C15H15N5O4S/c1-10(11-5-4-6-12(9-11)25(16,23)24)17-14-15(20(21)22)19-8-3-2-7-13(19)18-14/h2-10,17H,1H3,(H2,16,23,24). The van der Waals surface area contributed by atoms with Crippen molar-refractivity contribution in [3.63, 3.8) is 0 Å². The third-order valence-electron chi connectivity index (χ3n) is 3.72. The van der Waals surface area contributed by atoms with Crippen molar-refractivity contribution in [3.8, 4) is 0 Å². The predicted octanol–water partition coefficient (Wildman–Crippen LogP) is 2.06. The second-order valence-corrected chi connectivity index (χ2v) is 7.01. The number of primary sulfonamides is 1. The Kier molecular flexibility index (Phi) is 4.15. The number of nitrogens with two attached hydrogens (primary N) is 1. The van der Waals surface area contributed by atoms with E-state index in [9.17, 15) is 18.5 Å². The second-order valence-electron chi connectivity index (χ2n) is 5.45. The summed E-state index contributed by atoms with van der Waals surface area (Å²) in [6.07, 6.45) is 1.55. The Morgan fingerprint density at radius 3 is 2.72 bits per heavy atom. The van der Waals surface area contributed by atoms with Crippen LogP contribution in [0.15, 0.2) is 53.6 Å². The highest BCUT2D eigenvalue weighted by Crippen LogP contribution is 2.29. The molecule has 3 aromatic rings. The minimum Gasteiger partial charge on any atom is -0.358 e. The smallest absolute Gasteiger partial charge is 0.358 e. The number of anilines is 1. The summed E-state index contributed by atoms with van der Waals surface area (Å²) >= 11 is 0. The number of benzene rings is 1. The first-order valence-corrected chi connectivity index (χ1v) is 8.83. The van der Waals surface area contributed by atoms with Gasteiger partial charge in [-0.2, -0.15) is 9.38 Å². The average Bonchev–Trinajstić information content (AvgIpc) is 2.92. The average molecular weight is 361 g/mol. The highest BCUT2D eigenvalue weighted by molar-refractivity contribution is 7.89. The first-order valence-electron chi connectivity index (χ1n) is 7.28. The van der Waals surface area contributed by atoms with Crippen LogP contribution in [0.2, 0.25) is 0 Å². The Bertz CT molecular complexity index is 1060. The topological polar surface area (TPSA) is 133 Å². The molecule has 0 radical (unpaired) electrons. The molecule has 10 heteroatoms. The maximum absolute atomic E-state index is 11.5. The highest BCUT2D eigenvalue weighted by atomic mass is 32.2. The van der Waals surface area contributed by atoms with E-state index in [2.05, 4.69) is 10.3 Å². The van der Waals surface area contributed by atoms with E-state index in [4.69, 9.17) is 5.14 Å². The Morgan fingerprint density at radius 1 is 1.28 bits per heavy atom. The van der Waals surface area contributed by atoms with Crippen LogP contribution in [0.4, 0.5) is 11.6 Å². The zero-order valence-corrected chi connectivity index (χ0v) is 14.0. The SMILES string of the molecule is CC(Nc1nc2ccccn2c1[N+](=O)[O-])c1cccc(S(N)(=O)=O)c1. The van der Waals surface area contributed by atoms with Gasteiger partial charge in [-0.15, -0.1) is 0 Å². The minimum absolute atomic E-state index is 0.0249. The van der Waals surface area contributed by atoms with E-state index in [-0.39, 0.29) is 16.5 Å². The molecule has 0 fully saturated rings. The fraction of sp³-hybridized carbons (Fsp3) is 0.133. The van der Waals surface area contributed by atoms with Gasteiger partial charge in [0.15, 0.2) is 0 Å². The number of nitrogens with zero attached hydrogens (tertiary/aromatic N) is 3. The molecule has 0 amide bonds. The Hall–Kier alpha value is -2.98. The van der Waals surface area contributed by atoms with E-state index in [1.807, 2.05) is 0 Å². The molecule has 1 atom stereocenters. The van der Waals surface area contributed by atoms with Crippen LogP contribution in [0.1, 0.15) is 18.5 Å². The molecule has 9 nitrogen and oxygen atoms in total. The van der Waals surface area contributed by atoms with Gasteiger partial charge in [-0.1, -0.05) is 18.2 Å². The lowest BCUT2D eigenvalue weighted by Gasteiger charge is -2.14.